The molecule has 0 fully saturated rings. The molecule has 2 aromatic rings. The van der Waals surface area contributed by atoms with Crippen LogP contribution in [0.25, 0.3) is 11.1 Å². The van der Waals surface area contributed by atoms with Crippen LogP contribution in [0.2, 0.25) is 0 Å². The largest absolute Gasteiger partial charge is 0.361 e. The minimum absolute atomic E-state index is 0.349. The molecule has 3 nitrogen and oxygen atoms in total. The van der Waals surface area contributed by atoms with Crippen molar-refractivity contribution in [2.24, 2.45) is 0 Å². The van der Waals surface area contributed by atoms with Crippen LogP contribution in [0.4, 0.5) is 0 Å². The lowest BCUT2D eigenvalue weighted by Crippen LogP contribution is -2.10. The van der Waals surface area contributed by atoms with Crippen LogP contribution in [0.5, 0.6) is 0 Å². The molecule has 118 valence electrons. The third kappa shape index (κ3) is 4.08. The van der Waals surface area contributed by atoms with Gasteiger partial charge >= 0.3 is 7.60 Å². The van der Waals surface area contributed by atoms with Crippen LogP contribution in [-0.2, 0) is 18.9 Å². The van der Waals surface area contributed by atoms with Crippen LogP contribution in [0, 0.1) is 0 Å². The van der Waals surface area contributed by atoms with Crippen LogP contribution >= 0.6 is 23.5 Å². The fraction of sp³-hybridized carbons (Fsp3) is 0.294. The smallest absolute Gasteiger partial charge is 0.305 e. The first kappa shape index (κ1) is 17.4. The van der Waals surface area contributed by atoms with Gasteiger partial charge in [0.1, 0.15) is 0 Å². The summed E-state index contributed by atoms with van der Waals surface area (Å²) in [7, 11) is -3.24. The molecule has 0 atom stereocenters. The Morgan fingerprint density at radius 1 is 0.955 bits per heavy atom. The molecule has 0 amide bonds. The SMILES string of the molecule is CCOP(=O)(OCC)c1cccc(-c2ccc(CBr)cc2)c1. The lowest BCUT2D eigenvalue weighted by molar-refractivity contribution is 0.230. The Kier molecular flexibility index (Phi) is 6.39. The third-order valence-corrected chi connectivity index (χ3v) is 5.96. The van der Waals surface area contributed by atoms with E-state index >= 15 is 0 Å². The molecule has 0 unspecified atom stereocenters. The highest BCUT2D eigenvalue weighted by Gasteiger charge is 2.26. The van der Waals surface area contributed by atoms with Gasteiger partial charge in [-0.15, -0.1) is 0 Å². The van der Waals surface area contributed by atoms with Crippen molar-refractivity contribution in [3.63, 3.8) is 0 Å². The summed E-state index contributed by atoms with van der Waals surface area (Å²) in [6.45, 7) is 4.33. The van der Waals surface area contributed by atoms with E-state index in [1.54, 1.807) is 6.07 Å². The number of benzene rings is 2. The molecular weight excluding hydrogens is 363 g/mol. The van der Waals surface area contributed by atoms with Gasteiger partial charge < -0.3 is 9.05 Å². The monoisotopic (exact) mass is 382 g/mol. The molecule has 0 bridgehead atoms. The van der Waals surface area contributed by atoms with E-state index in [0.29, 0.717) is 18.5 Å². The zero-order chi connectivity index (χ0) is 16.0. The van der Waals surface area contributed by atoms with Crippen LogP contribution in [0.1, 0.15) is 19.4 Å². The summed E-state index contributed by atoms with van der Waals surface area (Å²) < 4.78 is 23.7. The summed E-state index contributed by atoms with van der Waals surface area (Å²) >= 11 is 3.44. The molecule has 0 saturated carbocycles. The molecule has 0 aliphatic heterocycles. The van der Waals surface area contributed by atoms with Crippen molar-refractivity contribution in [3.8, 4) is 11.1 Å². The average Bonchev–Trinajstić information content (AvgIpc) is 2.55. The maximum atomic E-state index is 12.8. The molecule has 0 aliphatic carbocycles. The fourth-order valence-electron chi connectivity index (χ4n) is 2.17. The van der Waals surface area contributed by atoms with Gasteiger partial charge in [0.25, 0.3) is 0 Å². The molecule has 0 aromatic heterocycles. The maximum absolute atomic E-state index is 12.8. The Morgan fingerprint density at radius 2 is 1.59 bits per heavy atom. The van der Waals surface area contributed by atoms with Crippen molar-refractivity contribution in [2.75, 3.05) is 13.2 Å². The maximum Gasteiger partial charge on any atom is 0.361 e. The van der Waals surface area contributed by atoms with Gasteiger partial charge in [-0.1, -0.05) is 52.3 Å². The van der Waals surface area contributed by atoms with E-state index in [4.69, 9.17) is 9.05 Å². The van der Waals surface area contributed by atoms with E-state index in [-0.39, 0.29) is 0 Å². The standard InChI is InChI=1S/C17H20BrO3P/c1-3-20-22(19,21-4-2)17-7-5-6-16(12-17)15-10-8-14(13-18)9-11-15/h5-12H,3-4,13H2,1-2H3. The Morgan fingerprint density at radius 3 is 2.14 bits per heavy atom. The van der Waals surface area contributed by atoms with Crippen LogP contribution in [0.15, 0.2) is 48.5 Å². The van der Waals surface area contributed by atoms with E-state index in [1.165, 1.54) is 5.56 Å². The molecule has 0 radical (unpaired) electrons. The molecule has 0 spiro atoms. The molecule has 0 saturated heterocycles. The van der Waals surface area contributed by atoms with E-state index in [1.807, 2.05) is 32.0 Å². The van der Waals surface area contributed by atoms with Crippen molar-refractivity contribution < 1.29 is 13.6 Å². The minimum atomic E-state index is -3.24. The van der Waals surface area contributed by atoms with Crippen molar-refractivity contribution in [1.82, 2.24) is 0 Å². The molecule has 2 rings (SSSR count). The molecule has 0 aliphatic rings. The zero-order valence-corrected chi connectivity index (χ0v) is 15.3. The summed E-state index contributed by atoms with van der Waals surface area (Å²) in [6, 6.07) is 15.8. The number of alkyl halides is 1. The van der Waals surface area contributed by atoms with Gasteiger partial charge in [-0.2, -0.15) is 0 Å². The predicted molar refractivity (Wildman–Crippen MR) is 95.0 cm³/mol. The Balaban J connectivity index is 2.37. The second-order valence-electron chi connectivity index (χ2n) is 4.71. The number of hydrogen-bond donors (Lipinski definition) is 0. The van der Waals surface area contributed by atoms with Crippen LogP contribution in [0.3, 0.4) is 0 Å². The zero-order valence-electron chi connectivity index (χ0n) is 12.8. The lowest BCUT2D eigenvalue weighted by Gasteiger charge is -2.17. The lowest BCUT2D eigenvalue weighted by atomic mass is 10.0. The normalized spacial score (nSPS) is 11.6. The van der Waals surface area contributed by atoms with Crippen LogP contribution < -0.4 is 5.30 Å². The van der Waals surface area contributed by atoms with Gasteiger partial charge in [-0.25, -0.2) is 0 Å². The Hall–Kier alpha value is -0.930. The predicted octanol–water partition coefficient (Wildman–Crippen LogP) is 5.14. The Labute approximate surface area is 140 Å². The number of halogens is 1. The highest BCUT2D eigenvalue weighted by Crippen LogP contribution is 2.47. The van der Waals surface area contributed by atoms with Crippen molar-refractivity contribution in [3.05, 3.63) is 54.1 Å². The summed E-state index contributed by atoms with van der Waals surface area (Å²) in [4.78, 5) is 0. The molecule has 22 heavy (non-hydrogen) atoms. The van der Waals surface area contributed by atoms with E-state index in [9.17, 15) is 4.57 Å². The first-order chi connectivity index (χ1) is 10.6. The van der Waals surface area contributed by atoms with Crippen LogP contribution in [-0.4, -0.2) is 13.2 Å². The first-order valence-corrected chi connectivity index (χ1v) is 9.94. The average molecular weight is 383 g/mol. The highest BCUT2D eigenvalue weighted by atomic mass is 79.9. The van der Waals surface area contributed by atoms with Crippen molar-refractivity contribution in [2.45, 2.75) is 19.2 Å². The molecule has 2 aromatic carbocycles. The van der Waals surface area contributed by atoms with E-state index in [0.717, 1.165) is 16.5 Å². The van der Waals surface area contributed by atoms with Gasteiger partial charge in [-0.05, 0) is 42.7 Å². The van der Waals surface area contributed by atoms with Gasteiger partial charge in [0, 0.05) is 5.33 Å². The summed E-state index contributed by atoms with van der Waals surface area (Å²) in [5.74, 6) is 0. The number of hydrogen-bond acceptors (Lipinski definition) is 3. The van der Waals surface area contributed by atoms with Gasteiger partial charge in [0.05, 0.1) is 18.5 Å². The Bertz CT molecular complexity index is 645. The van der Waals surface area contributed by atoms with E-state index < -0.39 is 7.60 Å². The molecule has 0 N–H and O–H groups in total. The van der Waals surface area contributed by atoms with Gasteiger partial charge in [0.15, 0.2) is 0 Å². The quantitative estimate of drug-likeness (QED) is 0.491. The second kappa shape index (κ2) is 8.07. The van der Waals surface area contributed by atoms with Crippen molar-refractivity contribution >= 4 is 28.8 Å². The first-order valence-electron chi connectivity index (χ1n) is 7.28. The summed E-state index contributed by atoms with van der Waals surface area (Å²) in [6.07, 6.45) is 0. The topological polar surface area (TPSA) is 35.5 Å². The molecule has 5 heteroatoms. The third-order valence-electron chi connectivity index (χ3n) is 3.20. The van der Waals surface area contributed by atoms with Gasteiger partial charge in [-0.3, -0.25) is 4.57 Å². The highest BCUT2D eigenvalue weighted by molar-refractivity contribution is 9.08. The van der Waals surface area contributed by atoms with E-state index in [2.05, 4.69) is 40.2 Å². The van der Waals surface area contributed by atoms with Crippen molar-refractivity contribution in [1.29, 1.82) is 0 Å². The molecular formula is C17H20BrO3P. The number of rotatable bonds is 7. The summed E-state index contributed by atoms with van der Waals surface area (Å²) in [5.41, 5.74) is 3.29. The minimum Gasteiger partial charge on any atom is -0.305 e. The second-order valence-corrected chi connectivity index (χ2v) is 7.30. The summed E-state index contributed by atoms with van der Waals surface area (Å²) in [5, 5.41) is 1.43. The van der Waals surface area contributed by atoms with Gasteiger partial charge in [0.2, 0.25) is 0 Å². The fourth-order valence-corrected chi connectivity index (χ4v) is 4.16. The molecule has 0 heterocycles.